The summed E-state index contributed by atoms with van der Waals surface area (Å²) in [6.45, 7) is 3.41. The van der Waals surface area contributed by atoms with Crippen LogP contribution in [0, 0.1) is 5.92 Å². The van der Waals surface area contributed by atoms with Crippen molar-refractivity contribution in [3.63, 3.8) is 0 Å². The van der Waals surface area contributed by atoms with Gasteiger partial charge in [0.05, 0.1) is 0 Å². The largest absolute Gasteiger partial charge is 0.338 e. The van der Waals surface area contributed by atoms with Gasteiger partial charge in [0, 0.05) is 36.2 Å². The van der Waals surface area contributed by atoms with Crippen molar-refractivity contribution in [1.29, 1.82) is 0 Å². The van der Waals surface area contributed by atoms with E-state index in [0.29, 0.717) is 23.2 Å². The van der Waals surface area contributed by atoms with Crippen molar-refractivity contribution >= 4 is 23.3 Å². The van der Waals surface area contributed by atoms with Gasteiger partial charge in [-0.3, -0.25) is 4.68 Å². The van der Waals surface area contributed by atoms with Gasteiger partial charge in [0.1, 0.15) is 0 Å². The van der Waals surface area contributed by atoms with Gasteiger partial charge in [-0.05, 0) is 36.2 Å². The summed E-state index contributed by atoms with van der Waals surface area (Å²) < 4.78 is 1.85. The van der Waals surface area contributed by atoms with Crippen molar-refractivity contribution in [3.8, 4) is 0 Å². The number of anilines is 1. The topological polar surface area (TPSA) is 59.0 Å². The van der Waals surface area contributed by atoms with Crippen molar-refractivity contribution in [3.05, 3.63) is 47.7 Å². The number of hydrogen-bond donors (Lipinski definition) is 2. The minimum atomic E-state index is -0.223. The van der Waals surface area contributed by atoms with Crippen LogP contribution >= 0.6 is 11.6 Å². The second kappa shape index (κ2) is 6.96. The molecule has 0 saturated heterocycles. The number of aromatic nitrogens is 2. The zero-order valence-electron chi connectivity index (χ0n) is 11.2. The molecule has 106 valence electrons. The van der Waals surface area contributed by atoms with Crippen LogP contribution in [0.5, 0.6) is 0 Å². The summed E-state index contributed by atoms with van der Waals surface area (Å²) in [5, 5.41) is 10.4. The highest BCUT2D eigenvalue weighted by molar-refractivity contribution is 6.30. The summed E-state index contributed by atoms with van der Waals surface area (Å²) >= 11 is 5.78. The van der Waals surface area contributed by atoms with Crippen molar-refractivity contribution < 1.29 is 4.79 Å². The maximum Gasteiger partial charge on any atom is 0.319 e. The van der Waals surface area contributed by atoms with Gasteiger partial charge < -0.3 is 10.6 Å². The number of nitrogens with one attached hydrogen (secondary N) is 2. The van der Waals surface area contributed by atoms with Gasteiger partial charge in [0.25, 0.3) is 0 Å². The van der Waals surface area contributed by atoms with E-state index in [-0.39, 0.29) is 6.03 Å². The highest BCUT2D eigenvalue weighted by Crippen LogP contribution is 2.13. The first-order valence-corrected chi connectivity index (χ1v) is 6.79. The third kappa shape index (κ3) is 4.59. The van der Waals surface area contributed by atoms with E-state index in [1.807, 2.05) is 16.9 Å². The fourth-order valence-corrected chi connectivity index (χ4v) is 1.89. The van der Waals surface area contributed by atoms with E-state index >= 15 is 0 Å². The van der Waals surface area contributed by atoms with Crippen molar-refractivity contribution in [2.45, 2.75) is 13.5 Å². The Labute approximate surface area is 122 Å². The summed E-state index contributed by atoms with van der Waals surface area (Å²) in [6, 6.07) is 8.65. The lowest BCUT2D eigenvalue weighted by Crippen LogP contribution is -2.33. The average Bonchev–Trinajstić information content (AvgIpc) is 2.92. The standard InChI is InChI=1S/C14H17ClN4O/c1-11(10-19-8-2-7-17-19)9-16-14(20)18-13-5-3-12(15)4-6-13/h2-8,11H,9-10H2,1H3,(H2,16,18,20)/t11-/m0/s1. The maximum absolute atomic E-state index is 11.7. The molecule has 0 fully saturated rings. The van der Waals surface area contributed by atoms with Gasteiger partial charge in [-0.2, -0.15) is 5.10 Å². The van der Waals surface area contributed by atoms with E-state index in [1.54, 1.807) is 30.5 Å². The second-order valence-corrected chi connectivity index (χ2v) is 5.11. The fraction of sp³-hybridized carbons (Fsp3) is 0.286. The van der Waals surface area contributed by atoms with E-state index < -0.39 is 0 Å². The molecule has 1 atom stereocenters. The van der Waals surface area contributed by atoms with E-state index in [1.165, 1.54) is 0 Å². The van der Waals surface area contributed by atoms with E-state index in [4.69, 9.17) is 11.6 Å². The Morgan fingerprint density at radius 2 is 2.15 bits per heavy atom. The number of amides is 2. The molecule has 2 N–H and O–H groups in total. The minimum absolute atomic E-state index is 0.223. The molecule has 0 aliphatic rings. The van der Waals surface area contributed by atoms with E-state index in [2.05, 4.69) is 22.7 Å². The molecule has 0 bridgehead atoms. The molecule has 0 radical (unpaired) electrons. The van der Waals surface area contributed by atoms with Crippen molar-refractivity contribution in [2.75, 3.05) is 11.9 Å². The molecule has 6 heteroatoms. The highest BCUT2D eigenvalue weighted by atomic mass is 35.5. The van der Waals surface area contributed by atoms with Gasteiger partial charge in [-0.25, -0.2) is 4.79 Å². The second-order valence-electron chi connectivity index (χ2n) is 4.68. The van der Waals surface area contributed by atoms with Crippen LogP contribution in [0.2, 0.25) is 5.02 Å². The smallest absolute Gasteiger partial charge is 0.319 e. The predicted molar refractivity (Wildman–Crippen MR) is 79.9 cm³/mol. The number of nitrogens with zero attached hydrogens (tertiary/aromatic N) is 2. The third-order valence-electron chi connectivity index (χ3n) is 2.77. The number of halogens is 1. The molecule has 0 aliphatic heterocycles. The van der Waals surface area contributed by atoms with Crippen LogP contribution < -0.4 is 10.6 Å². The Bertz CT molecular complexity index is 539. The predicted octanol–water partition coefficient (Wildman–Crippen LogP) is 2.99. The Balaban J connectivity index is 1.73. The number of carbonyl (C=O) groups excluding carboxylic acids is 1. The zero-order valence-corrected chi connectivity index (χ0v) is 12.0. The quantitative estimate of drug-likeness (QED) is 0.890. The monoisotopic (exact) mass is 292 g/mol. The minimum Gasteiger partial charge on any atom is -0.338 e. The Morgan fingerprint density at radius 1 is 1.40 bits per heavy atom. The number of urea groups is 1. The summed E-state index contributed by atoms with van der Waals surface area (Å²) in [6.07, 6.45) is 3.65. The molecule has 2 aromatic rings. The molecule has 1 heterocycles. The lowest BCUT2D eigenvalue weighted by molar-refractivity contribution is 0.249. The number of benzene rings is 1. The first kappa shape index (κ1) is 14.4. The first-order valence-electron chi connectivity index (χ1n) is 6.41. The van der Waals surface area contributed by atoms with Crippen LogP contribution in [0.4, 0.5) is 10.5 Å². The molecule has 5 nitrogen and oxygen atoms in total. The SMILES string of the molecule is C[C@@H](CNC(=O)Nc1ccc(Cl)cc1)Cn1cccn1. The van der Waals surface area contributed by atoms with Crippen LogP contribution in [-0.2, 0) is 6.54 Å². The van der Waals surface area contributed by atoms with Crippen LogP contribution in [0.15, 0.2) is 42.7 Å². The Morgan fingerprint density at radius 3 is 2.80 bits per heavy atom. The maximum atomic E-state index is 11.7. The van der Waals surface area contributed by atoms with Crippen molar-refractivity contribution in [2.24, 2.45) is 5.92 Å². The lowest BCUT2D eigenvalue weighted by Gasteiger charge is -2.13. The van der Waals surface area contributed by atoms with Crippen LogP contribution in [0.3, 0.4) is 0 Å². The summed E-state index contributed by atoms with van der Waals surface area (Å²) in [5.74, 6) is 0.297. The van der Waals surface area contributed by atoms with Crippen LogP contribution in [0.25, 0.3) is 0 Å². The Hall–Kier alpha value is -2.01. The summed E-state index contributed by atoms with van der Waals surface area (Å²) in [5.41, 5.74) is 0.714. The summed E-state index contributed by atoms with van der Waals surface area (Å²) in [7, 11) is 0. The first-order chi connectivity index (χ1) is 9.63. The molecule has 1 aromatic carbocycles. The Kier molecular flexibility index (Phi) is 5.01. The van der Waals surface area contributed by atoms with Gasteiger partial charge in [-0.15, -0.1) is 0 Å². The van der Waals surface area contributed by atoms with Crippen LogP contribution in [-0.4, -0.2) is 22.4 Å². The third-order valence-corrected chi connectivity index (χ3v) is 3.02. The lowest BCUT2D eigenvalue weighted by atomic mass is 10.2. The number of carbonyl (C=O) groups is 1. The molecule has 0 spiro atoms. The van der Waals surface area contributed by atoms with Crippen molar-refractivity contribution in [1.82, 2.24) is 15.1 Å². The summed E-state index contributed by atoms with van der Waals surface area (Å²) in [4.78, 5) is 11.7. The van der Waals surface area contributed by atoms with E-state index in [9.17, 15) is 4.79 Å². The van der Waals surface area contributed by atoms with E-state index in [0.717, 1.165) is 6.54 Å². The molecule has 20 heavy (non-hydrogen) atoms. The molecule has 0 unspecified atom stereocenters. The molecular formula is C14H17ClN4O. The molecular weight excluding hydrogens is 276 g/mol. The molecule has 2 rings (SSSR count). The van der Waals surface area contributed by atoms with Gasteiger partial charge in [0.15, 0.2) is 0 Å². The van der Waals surface area contributed by atoms with Gasteiger partial charge >= 0.3 is 6.03 Å². The number of rotatable bonds is 5. The normalized spacial score (nSPS) is 11.9. The van der Waals surface area contributed by atoms with Gasteiger partial charge in [0.2, 0.25) is 0 Å². The average molecular weight is 293 g/mol. The van der Waals surface area contributed by atoms with Gasteiger partial charge in [-0.1, -0.05) is 18.5 Å². The molecule has 1 aromatic heterocycles. The molecule has 2 amide bonds. The van der Waals surface area contributed by atoms with Crippen LogP contribution in [0.1, 0.15) is 6.92 Å². The fourth-order valence-electron chi connectivity index (χ4n) is 1.77. The molecule has 0 aliphatic carbocycles. The zero-order chi connectivity index (χ0) is 14.4. The highest BCUT2D eigenvalue weighted by Gasteiger charge is 2.06. The number of hydrogen-bond acceptors (Lipinski definition) is 2. The molecule has 0 saturated carbocycles.